The number of benzene rings is 1. The van der Waals surface area contributed by atoms with Crippen LogP contribution in [0.3, 0.4) is 0 Å². The molecule has 112 valence electrons. The van der Waals surface area contributed by atoms with Crippen LogP contribution in [0.1, 0.15) is 48.5 Å². The molecule has 1 aromatic carbocycles. The normalized spacial score (nSPS) is 16.1. The van der Waals surface area contributed by atoms with Gasteiger partial charge in [-0.25, -0.2) is 4.39 Å². The summed E-state index contributed by atoms with van der Waals surface area (Å²) in [6, 6.07) is 4.16. The molecule has 1 unspecified atom stereocenters. The molecule has 0 aliphatic heterocycles. The summed E-state index contributed by atoms with van der Waals surface area (Å²) in [6.07, 6.45) is 4.78. The molecule has 0 bridgehead atoms. The highest BCUT2D eigenvalue weighted by Gasteiger charge is 2.23. The monoisotopic (exact) mass is 288 g/mol. The number of nitrogens with one attached hydrogen (secondary N) is 1. The summed E-state index contributed by atoms with van der Waals surface area (Å²) in [6.45, 7) is 2.21. The summed E-state index contributed by atoms with van der Waals surface area (Å²) in [5.74, 6) is 5.36. The minimum atomic E-state index is -0.406. The van der Waals surface area contributed by atoms with Crippen LogP contribution in [0.4, 0.5) is 4.39 Å². The Morgan fingerprint density at radius 3 is 2.86 bits per heavy atom. The van der Waals surface area contributed by atoms with Crippen LogP contribution in [0.25, 0.3) is 0 Å². The third-order valence-corrected chi connectivity index (χ3v) is 4.02. The van der Waals surface area contributed by atoms with Gasteiger partial charge in [-0.3, -0.25) is 4.79 Å². The maximum Gasteiger partial charge on any atom is 0.252 e. The maximum absolute atomic E-state index is 13.3. The van der Waals surface area contributed by atoms with E-state index in [1.807, 2.05) is 6.92 Å². The summed E-state index contributed by atoms with van der Waals surface area (Å²) >= 11 is 0. The van der Waals surface area contributed by atoms with Gasteiger partial charge in [-0.05, 0) is 43.9 Å². The third kappa shape index (κ3) is 4.05. The van der Waals surface area contributed by atoms with Crippen molar-refractivity contribution in [3.8, 4) is 11.8 Å². The lowest BCUT2D eigenvalue weighted by Gasteiger charge is -2.20. The van der Waals surface area contributed by atoms with E-state index >= 15 is 0 Å². The molecule has 1 amide bonds. The summed E-state index contributed by atoms with van der Waals surface area (Å²) in [5.41, 5.74) is 6.13. The number of amides is 1. The first-order valence-electron chi connectivity index (χ1n) is 7.41. The van der Waals surface area contributed by atoms with Crippen LogP contribution in [0, 0.1) is 23.6 Å². The minimum absolute atomic E-state index is 0.125. The minimum Gasteiger partial charge on any atom is -0.349 e. The predicted molar refractivity (Wildman–Crippen MR) is 81.2 cm³/mol. The highest BCUT2D eigenvalue weighted by molar-refractivity contribution is 5.96. The molecule has 1 atom stereocenters. The van der Waals surface area contributed by atoms with Crippen molar-refractivity contribution < 1.29 is 9.18 Å². The molecular weight excluding hydrogens is 267 g/mol. The molecule has 1 aliphatic rings. The van der Waals surface area contributed by atoms with E-state index < -0.39 is 5.82 Å². The lowest BCUT2D eigenvalue weighted by Crippen LogP contribution is -2.37. The molecular formula is C17H21FN2O. The number of hydrogen-bond donors (Lipinski definition) is 2. The Morgan fingerprint density at radius 2 is 2.19 bits per heavy atom. The van der Waals surface area contributed by atoms with Gasteiger partial charge in [-0.15, -0.1) is 0 Å². The third-order valence-electron chi connectivity index (χ3n) is 4.02. The zero-order valence-electron chi connectivity index (χ0n) is 12.3. The van der Waals surface area contributed by atoms with Crippen molar-refractivity contribution in [1.82, 2.24) is 5.32 Å². The van der Waals surface area contributed by atoms with E-state index in [2.05, 4.69) is 17.2 Å². The average Bonchev–Trinajstić information content (AvgIpc) is 2.99. The molecule has 3 nitrogen and oxygen atoms in total. The van der Waals surface area contributed by atoms with Gasteiger partial charge in [0.2, 0.25) is 0 Å². The van der Waals surface area contributed by atoms with Crippen molar-refractivity contribution in [2.45, 2.75) is 38.6 Å². The Hall–Kier alpha value is -1.86. The SMILES string of the molecule is CC(NC(=O)c1ccc(F)cc1C#CCN)C1CCCC1. The van der Waals surface area contributed by atoms with Crippen molar-refractivity contribution >= 4 is 5.91 Å². The van der Waals surface area contributed by atoms with Crippen molar-refractivity contribution in [3.63, 3.8) is 0 Å². The second-order valence-electron chi connectivity index (χ2n) is 5.50. The van der Waals surface area contributed by atoms with E-state index in [0.717, 1.165) is 12.8 Å². The second kappa shape index (κ2) is 7.24. The Labute approximate surface area is 125 Å². The molecule has 0 heterocycles. The molecule has 21 heavy (non-hydrogen) atoms. The first kappa shape index (κ1) is 15.5. The van der Waals surface area contributed by atoms with Gasteiger partial charge in [0, 0.05) is 11.6 Å². The van der Waals surface area contributed by atoms with Crippen LogP contribution >= 0.6 is 0 Å². The van der Waals surface area contributed by atoms with E-state index in [9.17, 15) is 9.18 Å². The van der Waals surface area contributed by atoms with Crippen LogP contribution < -0.4 is 11.1 Å². The number of hydrogen-bond acceptors (Lipinski definition) is 2. The second-order valence-corrected chi connectivity index (χ2v) is 5.50. The zero-order chi connectivity index (χ0) is 15.2. The van der Waals surface area contributed by atoms with Crippen molar-refractivity contribution in [2.24, 2.45) is 11.7 Å². The van der Waals surface area contributed by atoms with E-state index in [0.29, 0.717) is 17.0 Å². The average molecular weight is 288 g/mol. The summed E-state index contributed by atoms with van der Waals surface area (Å²) in [7, 11) is 0. The number of carbonyl (C=O) groups is 1. The molecule has 0 radical (unpaired) electrons. The van der Waals surface area contributed by atoms with Crippen LogP contribution in [-0.2, 0) is 0 Å². The smallest absolute Gasteiger partial charge is 0.252 e. The van der Waals surface area contributed by atoms with E-state index in [1.54, 1.807) is 0 Å². The quantitative estimate of drug-likeness (QED) is 0.839. The topological polar surface area (TPSA) is 55.1 Å². The highest BCUT2D eigenvalue weighted by Crippen LogP contribution is 2.27. The molecule has 3 N–H and O–H groups in total. The summed E-state index contributed by atoms with van der Waals surface area (Å²) in [5, 5.41) is 3.01. The van der Waals surface area contributed by atoms with Gasteiger partial charge in [0.15, 0.2) is 0 Å². The standard InChI is InChI=1S/C17H21FN2O/c1-12(13-5-2-3-6-13)20-17(21)16-9-8-15(18)11-14(16)7-4-10-19/h8-9,11-13H,2-3,5-6,10,19H2,1H3,(H,20,21). The molecule has 0 aromatic heterocycles. The maximum atomic E-state index is 13.3. The highest BCUT2D eigenvalue weighted by atomic mass is 19.1. The van der Waals surface area contributed by atoms with E-state index in [-0.39, 0.29) is 18.5 Å². The lowest BCUT2D eigenvalue weighted by molar-refractivity contribution is 0.0927. The molecule has 1 fully saturated rings. The Morgan fingerprint density at radius 1 is 1.48 bits per heavy atom. The van der Waals surface area contributed by atoms with Crippen LogP contribution in [0.15, 0.2) is 18.2 Å². The van der Waals surface area contributed by atoms with Gasteiger partial charge in [-0.2, -0.15) is 0 Å². The predicted octanol–water partition coefficient (Wildman–Crippen LogP) is 2.44. The fourth-order valence-electron chi connectivity index (χ4n) is 2.82. The molecule has 1 saturated carbocycles. The fourth-order valence-corrected chi connectivity index (χ4v) is 2.82. The summed E-state index contributed by atoms with van der Waals surface area (Å²) < 4.78 is 13.3. The van der Waals surface area contributed by atoms with Crippen LogP contribution in [0.2, 0.25) is 0 Å². The zero-order valence-corrected chi connectivity index (χ0v) is 12.3. The first-order chi connectivity index (χ1) is 10.1. The van der Waals surface area contributed by atoms with E-state index in [4.69, 9.17) is 5.73 Å². The molecule has 4 heteroatoms. The van der Waals surface area contributed by atoms with E-state index in [1.165, 1.54) is 31.0 Å². The fraction of sp³-hybridized carbons (Fsp3) is 0.471. The van der Waals surface area contributed by atoms with Gasteiger partial charge >= 0.3 is 0 Å². The number of carbonyl (C=O) groups excluding carboxylic acids is 1. The van der Waals surface area contributed by atoms with Gasteiger partial charge in [0.1, 0.15) is 5.82 Å². The molecule has 2 rings (SSSR count). The summed E-state index contributed by atoms with van der Waals surface area (Å²) in [4.78, 5) is 12.4. The van der Waals surface area contributed by atoms with Crippen LogP contribution in [0.5, 0.6) is 0 Å². The van der Waals surface area contributed by atoms with Crippen LogP contribution in [-0.4, -0.2) is 18.5 Å². The number of rotatable bonds is 3. The molecule has 1 aromatic rings. The van der Waals surface area contributed by atoms with Crippen molar-refractivity contribution in [2.75, 3.05) is 6.54 Å². The van der Waals surface area contributed by atoms with Gasteiger partial charge < -0.3 is 11.1 Å². The number of halogens is 1. The van der Waals surface area contributed by atoms with Gasteiger partial charge in [0.05, 0.1) is 12.1 Å². The Kier molecular flexibility index (Phi) is 5.35. The Bertz CT molecular complexity index is 568. The van der Waals surface area contributed by atoms with Crippen molar-refractivity contribution in [1.29, 1.82) is 0 Å². The molecule has 0 spiro atoms. The first-order valence-corrected chi connectivity index (χ1v) is 7.41. The van der Waals surface area contributed by atoms with Crippen molar-refractivity contribution in [3.05, 3.63) is 35.1 Å². The lowest BCUT2D eigenvalue weighted by atomic mass is 9.99. The van der Waals surface area contributed by atoms with Gasteiger partial charge in [0.25, 0.3) is 5.91 Å². The largest absolute Gasteiger partial charge is 0.349 e. The molecule has 0 saturated heterocycles. The number of nitrogens with two attached hydrogens (primary N) is 1. The van der Waals surface area contributed by atoms with Gasteiger partial charge in [-0.1, -0.05) is 24.7 Å². The molecule has 1 aliphatic carbocycles. The Balaban J connectivity index is 2.14.